The molecule has 0 amide bonds. The minimum absolute atomic E-state index is 0. The molecule has 9 nitrogen and oxygen atoms in total. The molecule has 27 heavy (non-hydrogen) atoms. The molecular formula is C18H37N9. The molecule has 0 radical (unpaired) electrons. The number of aryl methyl sites for hydroxylation is 1. The molecule has 0 saturated heterocycles. The fourth-order valence-electron chi connectivity index (χ4n) is 1.64. The highest BCUT2D eigenvalue weighted by atomic mass is 15.6. The highest BCUT2D eigenvalue weighted by Crippen LogP contribution is 2.04. The minimum Gasteiger partial charge on any atom is -0.352 e. The number of hydrogen-bond donors (Lipinski definition) is 1. The Morgan fingerprint density at radius 3 is 1.63 bits per heavy atom. The predicted octanol–water partition coefficient (Wildman–Crippen LogP) is 4.00. The highest BCUT2D eigenvalue weighted by molar-refractivity contribution is 4.91. The Bertz CT molecular complexity index is 629. The molecule has 0 bridgehead atoms. The van der Waals surface area contributed by atoms with Crippen LogP contribution in [0.1, 0.15) is 85.9 Å². The minimum atomic E-state index is 0. The molecule has 0 aliphatic rings. The second-order valence-electron chi connectivity index (χ2n) is 6.44. The normalized spacial score (nSPS) is 9.70. The van der Waals surface area contributed by atoms with Gasteiger partial charge in [0.2, 0.25) is 0 Å². The number of tetrazole rings is 2. The van der Waals surface area contributed by atoms with Gasteiger partial charge in [-0.3, -0.25) is 0 Å². The number of aromatic amines is 1. The van der Waals surface area contributed by atoms with E-state index in [1.807, 2.05) is 39.8 Å². The number of nitrogens with zero attached hydrogens (tertiary/aromatic N) is 8. The second-order valence-corrected chi connectivity index (χ2v) is 6.44. The SMILES string of the molecule is C.C.CC(C)c1nn[nH]n1.CC(C)c1nnn(C)n1.CC(C)n1cccc1. The van der Waals surface area contributed by atoms with Crippen molar-refractivity contribution in [2.24, 2.45) is 7.05 Å². The summed E-state index contributed by atoms with van der Waals surface area (Å²) in [6.07, 6.45) is 4.15. The molecule has 0 aliphatic carbocycles. The van der Waals surface area contributed by atoms with Crippen LogP contribution in [0.2, 0.25) is 0 Å². The standard InChI is InChI=1S/C7H11N.C5H10N4.C4H8N4.2CH4/c1-7(2)8-5-3-4-6-8;1-4(2)5-6-8-9(3)7-5;1-3(2)4-5-7-8-6-4;;/h3-7H,1-2H3;4H,1-3H3;3H,1-2H3,(H,5,6,7,8);2*1H4. The van der Waals surface area contributed by atoms with Crippen LogP contribution in [0.3, 0.4) is 0 Å². The summed E-state index contributed by atoms with van der Waals surface area (Å²) in [5.74, 6) is 2.31. The van der Waals surface area contributed by atoms with Crippen LogP contribution in [0.5, 0.6) is 0 Å². The Balaban J connectivity index is 0. The monoisotopic (exact) mass is 379 g/mol. The number of rotatable bonds is 3. The van der Waals surface area contributed by atoms with Crippen molar-refractivity contribution in [1.29, 1.82) is 0 Å². The maximum absolute atomic E-state index is 4.00. The third kappa shape index (κ3) is 10.2. The van der Waals surface area contributed by atoms with Crippen molar-refractivity contribution < 1.29 is 0 Å². The third-order valence-electron chi connectivity index (χ3n) is 3.14. The van der Waals surface area contributed by atoms with Crippen LogP contribution in [0.25, 0.3) is 0 Å². The molecule has 1 N–H and O–H groups in total. The van der Waals surface area contributed by atoms with E-state index in [9.17, 15) is 0 Å². The maximum Gasteiger partial charge on any atom is 0.177 e. The quantitative estimate of drug-likeness (QED) is 0.738. The molecule has 0 aliphatic heterocycles. The number of nitrogens with one attached hydrogen (secondary N) is 1. The molecule has 154 valence electrons. The molecule has 0 aromatic carbocycles. The van der Waals surface area contributed by atoms with Crippen molar-refractivity contribution in [2.75, 3.05) is 0 Å². The molecule has 0 atom stereocenters. The summed E-state index contributed by atoms with van der Waals surface area (Å²) < 4.78 is 2.17. The van der Waals surface area contributed by atoms with Crippen molar-refractivity contribution in [3.05, 3.63) is 36.2 Å². The average molecular weight is 380 g/mol. The van der Waals surface area contributed by atoms with Crippen LogP contribution in [0.15, 0.2) is 24.5 Å². The molecule has 3 aromatic rings. The van der Waals surface area contributed by atoms with E-state index in [2.05, 4.69) is 66.8 Å². The lowest BCUT2D eigenvalue weighted by Crippen LogP contribution is -1.94. The largest absolute Gasteiger partial charge is 0.352 e. The average Bonchev–Trinajstić information content (AvgIpc) is 3.31. The van der Waals surface area contributed by atoms with Crippen LogP contribution < -0.4 is 0 Å². The molecule has 0 fully saturated rings. The molecule has 3 aromatic heterocycles. The number of H-pyrrole nitrogens is 1. The van der Waals surface area contributed by atoms with Crippen LogP contribution in [-0.4, -0.2) is 45.4 Å². The van der Waals surface area contributed by atoms with E-state index in [-0.39, 0.29) is 14.9 Å². The van der Waals surface area contributed by atoms with E-state index in [1.165, 1.54) is 4.80 Å². The smallest absolute Gasteiger partial charge is 0.177 e. The molecule has 3 rings (SSSR count). The topological polar surface area (TPSA) is 103 Å². The van der Waals surface area contributed by atoms with Gasteiger partial charge in [0.1, 0.15) is 0 Å². The van der Waals surface area contributed by atoms with Crippen molar-refractivity contribution in [3.63, 3.8) is 0 Å². The first-order chi connectivity index (χ1) is 11.8. The summed E-state index contributed by atoms with van der Waals surface area (Å²) in [5, 5.41) is 24.8. The number of hydrogen-bond acceptors (Lipinski definition) is 6. The molecule has 0 spiro atoms. The Morgan fingerprint density at radius 2 is 1.41 bits per heavy atom. The fourth-order valence-corrected chi connectivity index (χ4v) is 1.64. The Kier molecular flexibility index (Phi) is 13.4. The van der Waals surface area contributed by atoms with Gasteiger partial charge in [0.15, 0.2) is 11.6 Å². The van der Waals surface area contributed by atoms with E-state index in [4.69, 9.17) is 0 Å². The van der Waals surface area contributed by atoms with Gasteiger partial charge in [-0.15, -0.1) is 20.4 Å². The maximum atomic E-state index is 4.00. The molecule has 9 heteroatoms. The van der Waals surface area contributed by atoms with Crippen molar-refractivity contribution >= 4 is 0 Å². The fraction of sp³-hybridized carbons (Fsp3) is 0.667. The summed E-state index contributed by atoms with van der Waals surface area (Å²) in [7, 11) is 1.76. The lowest BCUT2D eigenvalue weighted by Gasteiger charge is -2.03. The van der Waals surface area contributed by atoms with Gasteiger partial charge in [-0.05, 0) is 31.2 Å². The Labute approximate surface area is 163 Å². The van der Waals surface area contributed by atoms with Crippen molar-refractivity contribution in [2.45, 2.75) is 74.3 Å². The lowest BCUT2D eigenvalue weighted by atomic mass is 10.2. The molecule has 0 saturated carbocycles. The Morgan fingerprint density at radius 1 is 0.852 bits per heavy atom. The van der Waals surface area contributed by atoms with Gasteiger partial charge < -0.3 is 4.57 Å². The first kappa shape index (κ1) is 26.6. The van der Waals surface area contributed by atoms with Gasteiger partial charge >= 0.3 is 0 Å². The molecular weight excluding hydrogens is 342 g/mol. The summed E-state index contributed by atoms with van der Waals surface area (Å²) in [6.45, 7) is 12.4. The van der Waals surface area contributed by atoms with E-state index in [0.29, 0.717) is 17.9 Å². The number of aromatic nitrogens is 9. The first-order valence-corrected chi connectivity index (χ1v) is 8.40. The first-order valence-electron chi connectivity index (χ1n) is 8.40. The second kappa shape index (κ2) is 13.6. The van der Waals surface area contributed by atoms with Gasteiger partial charge in [0.05, 0.1) is 7.05 Å². The van der Waals surface area contributed by atoms with Crippen LogP contribution in [0, 0.1) is 0 Å². The van der Waals surface area contributed by atoms with Crippen molar-refractivity contribution in [1.82, 2.24) is 45.4 Å². The lowest BCUT2D eigenvalue weighted by molar-refractivity contribution is 0.604. The van der Waals surface area contributed by atoms with Gasteiger partial charge in [-0.25, -0.2) is 0 Å². The van der Waals surface area contributed by atoms with E-state index < -0.39 is 0 Å². The zero-order valence-electron chi connectivity index (χ0n) is 16.1. The van der Waals surface area contributed by atoms with E-state index >= 15 is 0 Å². The zero-order valence-corrected chi connectivity index (χ0v) is 16.1. The van der Waals surface area contributed by atoms with Crippen LogP contribution in [-0.2, 0) is 7.05 Å². The van der Waals surface area contributed by atoms with Gasteiger partial charge in [0.25, 0.3) is 0 Å². The highest BCUT2D eigenvalue weighted by Gasteiger charge is 2.03. The molecule has 3 heterocycles. The van der Waals surface area contributed by atoms with Gasteiger partial charge in [-0.2, -0.15) is 10.0 Å². The summed E-state index contributed by atoms with van der Waals surface area (Å²) in [6, 6.07) is 4.69. The van der Waals surface area contributed by atoms with Gasteiger partial charge in [-0.1, -0.05) is 47.8 Å². The van der Waals surface area contributed by atoms with Crippen LogP contribution in [0.4, 0.5) is 0 Å². The Hall–Kier alpha value is -2.58. The van der Waals surface area contributed by atoms with Crippen molar-refractivity contribution in [3.8, 4) is 0 Å². The molecule has 0 unspecified atom stereocenters. The van der Waals surface area contributed by atoms with E-state index in [0.717, 1.165) is 11.6 Å². The predicted molar refractivity (Wildman–Crippen MR) is 109 cm³/mol. The summed E-state index contributed by atoms with van der Waals surface area (Å²) >= 11 is 0. The summed E-state index contributed by atoms with van der Waals surface area (Å²) in [5.41, 5.74) is 0. The third-order valence-corrected chi connectivity index (χ3v) is 3.14. The van der Waals surface area contributed by atoms with Gasteiger partial charge in [0, 0.05) is 30.3 Å². The van der Waals surface area contributed by atoms with Crippen LogP contribution >= 0.6 is 0 Å². The zero-order chi connectivity index (χ0) is 18.8. The summed E-state index contributed by atoms with van der Waals surface area (Å²) in [4.78, 5) is 1.47. The van der Waals surface area contributed by atoms with E-state index in [1.54, 1.807) is 7.05 Å².